The standard InChI is InChI=1S/C21H20Cl2N2O3S/c1-4-27-19(26)16-17-14-9-12(22)10-15(23)18(14)28-21(16,3)25(20(29)24-17)13-7-5-11(2)6-8-13/h5-10,16-17H,4H2,1-3H3,(H,24,29). The summed E-state index contributed by atoms with van der Waals surface area (Å²) < 4.78 is 11.8. The maximum Gasteiger partial charge on any atom is 0.317 e. The Hall–Kier alpha value is -2.02. The summed E-state index contributed by atoms with van der Waals surface area (Å²) in [7, 11) is 0. The zero-order valence-electron chi connectivity index (χ0n) is 16.2. The second-order valence-electron chi connectivity index (χ2n) is 7.29. The Bertz CT molecular complexity index is 998. The predicted molar refractivity (Wildman–Crippen MR) is 118 cm³/mol. The predicted octanol–water partition coefficient (Wildman–Crippen LogP) is 5.03. The summed E-state index contributed by atoms with van der Waals surface area (Å²) in [6, 6.07) is 10.7. The highest BCUT2D eigenvalue weighted by molar-refractivity contribution is 7.80. The zero-order valence-corrected chi connectivity index (χ0v) is 18.5. The molecular formula is C21H20Cl2N2O3S. The molecule has 2 aliphatic rings. The number of thiocarbonyl (C=S) groups is 1. The molecule has 2 aromatic carbocycles. The van der Waals surface area contributed by atoms with Crippen molar-refractivity contribution in [2.24, 2.45) is 5.92 Å². The van der Waals surface area contributed by atoms with Gasteiger partial charge in [0.05, 0.1) is 17.7 Å². The number of hydrogen-bond donors (Lipinski definition) is 1. The molecule has 2 aliphatic heterocycles. The third-order valence-electron chi connectivity index (χ3n) is 5.35. The van der Waals surface area contributed by atoms with Gasteiger partial charge in [-0.25, -0.2) is 0 Å². The number of ether oxygens (including phenoxy) is 2. The number of aryl methyl sites for hydroxylation is 1. The number of nitrogens with zero attached hydrogens (tertiary/aromatic N) is 1. The van der Waals surface area contributed by atoms with Crippen molar-refractivity contribution in [2.45, 2.75) is 32.5 Å². The van der Waals surface area contributed by atoms with Crippen LogP contribution in [0.3, 0.4) is 0 Å². The number of benzene rings is 2. The summed E-state index contributed by atoms with van der Waals surface area (Å²) in [6.07, 6.45) is 0. The molecule has 3 atom stereocenters. The van der Waals surface area contributed by atoms with E-state index in [1.165, 1.54) is 0 Å². The van der Waals surface area contributed by atoms with Gasteiger partial charge < -0.3 is 14.8 Å². The van der Waals surface area contributed by atoms with Crippen LogP contribution in [0.25, 0.3) is 0 Å². The van der Waals surface area contributed by atoms with Crippen molar-refractivity contribution in [2.75, 3.05) is 11.5 Å². The SMILES string of the molecule is CCOC(=O)C1C2NC(=S)N(c3ccc(C)cc3)C1(C)Oc1c(Cl)cc(Cl)cc12. The summed E-state index contributed by atoms with van der Waals surface area (Å²) >= 11 is 18.4. The molecule has 0 aromatic heterocycles. The number of fused-ring (bicyclic) bond motifs is 4. The number of carbonyl (C=O) groups excluding carboxylic acids is 1. The van der Waals surface area contributed by atoms with Gasteiger partial charge in [-0.05, 0) is 57.3 Å². The van der Waals surface area contributed by atoms with Crippen LogP contribution in [0, 0.1) is 12.8 Å². The molecule has 2 aromatic rings. The minimum absolute atomic E-state index is 0.260. The van der Waals surface area contributed by atoms with Crippen molar-refractivity contribution < 1.29 is 14.3 Å². The maximum absolute atomic E-state index is 13.1. The number of nitrogens with one attached hydrogen (secondary N) is 1. The lowest BCUT2D eigenvalue weighted by Gasteiger charge is -2.55. The summed E-state index contributed by atoms with van der Waals surface area (Å²) in [5, 5.41) is 4.58. The Balaban J connectivity index is 1.92. The summed E-state index contributed by atoms with van der Waals surface area (Å²) in [6.45, 7) is 5.88. The molecule has 0 aliphatic carbocycles. The second kappa shape index (κ2) is 7.35. The van der Waals surface area contributed by atoms with Gasteiger partial charge in [0.25, 0.3) is 0 Å². The molecule has 0 saturated carbocycles. The monoisotopic (exact) mass is 450 g/mol. The van der Waals surface area contributed by atoms with Gasteiger partial charge in [-0.2, -0.15) is 0 Å². The smallest absolute Gasteiger partial charge is 0.317 e. The van der Waals surface area contributed by atoms with E-state index >= 15 is 0 Å². The third-order valence-corrected chi connectivity index (χ3v) is 6.15. The van der Waals surface area contributed by atoms with E-state index < -0.39 is 17.7 Å². The molecule has 3 unspecified atom stereocenters. The Morgan fingerprint density at radius 3 is 2.66 bits per heavy atom. The molecule has 29 heavy (non-hydrogen) atoms. The summed E-state index contributed by atoms with van der Waals surface area (Å²) in [5.41, 5.74) is 1.46. The van der Waals surface area contributed by atoms with Crippen LogP contribution >= 0.6 is 35.4 Å². The minimum Gasteiger partial charge on any atom is -0.466 e. The lowest BCUT2D eigenvalue weighted by Crippen LogP contribution is -2.71. The molecule has 152 valence electrons. The number of rotatable bonds is 3. The highest BCUT2D eigenvalue weighted by Gasteiger charge is 2.60. The van der Waals surface area contributed by atoms with E-state index in [1.54, 1.807) is 19.1 Å². The highest BCUT2D eigenvalue weighted by Crippen LogP contribution is 2.52. The molecule has 2 bridgehead atoms. The quantitative estimate of drug-likeness (QED) is 0.522. The lowest BCUT2D eigenvalue weighted by atomic mass is 9.79. The molecule has 5 nitrogen and oxygen atoms in total. The molecule has 0 radical (unpaired) electrons. The van der Waals surface area contributed by atoms with Crippen molar-refractivity contribution in [1.82, 2.24) is 5.32 Å². The molecule has 1 saturated heterocycles. The fourth-order valence-electron chi connectivity index (χ4n) is 4.08. The molecule has 4 rings (SSSR count). The fourth-order valence-corrected chi connectivity index (χ4v) is 5.04. The number of anilines is 1. The van der Waals surface area contributed by atoms with E-state index in [0.29, 0.717) is 26.5 Å². The largest absolute Gasteiger partial charge is 0.466 e. The van der Waals surface area contributed by atoms with Gasteiger partial charge in [-0.1, -0.05) is 40.9 Å². The molecule has 8 heteroatoms. The average Bonchev–Trinajstić information content (AvgIpc) is 2.64. The second-order valence-corrected chi connectivity index (χ2v) is 8.52. The van der Waals surface area contributed by atoms with E-state index in [1.807, 2.05) is 43.0 Å². The number of carbonyl (C=O) groups is 1. The molecule has 1 fully saturated rings. The van der Waals surface area contributed by atoms with Crippen LogP contribution in [0.5, 0.6) is 5.75 Å². The lowest BCUT2D eigenvalue weighted by molar-refractivity contribution is -0.159. The van der Waals surface area contributed by atoms with Crippen molar-refractivity contribution in [3.63, 3.8) is 0 Å². The minimum atomic E-state index is -1.14. The van der Waals surface area contributed by atoms with Gasteiger partial charge in [0.15, 0.2) is 5.11 Å². The summed E-state index contributed by atoms with van der Waals surface area (Å²) in [5.74, 6) is -0.595. The maximum atomic E-state index is 13.1. The Kier molecular flexibility index (Phi) is 5.13. The van der Waals surface area contributed by atoms with Crippen LogP contribution < -0.4 is 15.0 Å². The van der Waals surface area contributed by atoms with Crippen LogP contribution in [0.15, 0.2) is 36.4 Å². The van der Waals surface area contributed by atoms with Crippen LogP contribution in [-0.2, 0) is 9.53 Å². The van der Waals surface area contributed by atoms with Gasteiger partial charge in [0, 0.05) is 16.3 Å². The fraction of sp³-hybridized carbons (Fsp3) is 0.333. The third kappa shape index (κ3) is 3.23. The van der Waals surface area contributed by atoms with E-state index in [4.69, 9.17) is 44.9 Å². The van der Waals surface area contributed by atoms with Crippen molar-refractivity contribution in [1.29, 1.82) is 0 Å². The van der Waals surface area contributed by atoms with E-state index in [2.05, 4.69) is 5.32 Å². The van der Waals surface area contributed by atoms with Crippen molar-refractivity contribution in [3.8, 4) is 5.75 Å². The number of halogens is 2. The number of esters is 1. The van der Waals surface area contributed by atoms with Gasteiger partial charge in [0.1, 0.15) is 11.7 Å². The normalized spacial score (nSPS) is 25.0. The molecular weight excluding hydrogens is 431 g/mol. The first-order valence-corrected chi connectivity index (χ1v) is 10.4. The highest BCUT2D eigenvalue weighted by atomic mass is 35.5. The summed E-state index contributed by atoms with van der Waals surface area (Å²) in [4.78, 5) is 14.9. The van der Waals surface area contributed by atoms with Gasteiger partial charge >= 0.3 is 5.97 Å². The average molecular weight is 451 g/mol. The molecule has 2 heterocycles. The van der Waals surface area contributed by atoms with E-state index in [0.717, 1.165) is 11.3 Å². The first kappa shape index (κ1) is 20.3. The number of hydrogen-bond acceptors (Lipinski definition) is 4. The van der Waals surface area contributed by atoms with Crippen molar-refractivity contribution >= 4 is 52.2 Å². The van der Waals surface area contributed by atoms with Crippen LogP contribution in [0.2, 0.25) is 10.0 Å². The van der Waals surface area contributed by atoms with Gasteiger partial charge in [-0.15, -0.1) is 0 Å². The Morgan fingerprint density at radius 2 is 2.00 bits per heavy atom. The zero-order chi connectivity index (χ0) is 20.9. The Morgan fingerprint density at radius 1 is 1.31 bits per heavy atom. The first-order valence-electron chi connectivity index (χ1n) is 9.28. The van der Waals surface area contributed by atoms with E-state index in [-0.39, 0.29) is 12.6 Å². The first-order chi connectivity index (χ1) is 13.8. The topological polar surface area (TPSA) is 50.8 Å². The van der Waals surface area contributed by atoms with Crippen LogP contribution in [-0.4, -0.2) is 23.4 Å². The van der Waals surface area contributed by atoms with Gasteiger partial charge in [0.2, 0.25) is 5.72 Å². The van der Waals surface area contributed by atoms with Crippen LogP contribution in [0.1, 0.15) is 31.0 Å². The molecule has 0 amide bonds. The molecule has 0 spiro atoms. The van der Waals surface area contributed by atoms with Crippen molar-refractivity contribution in [3.05, 3.63) is 57.6 Å². The van der Waals surface area contributed by atoms with Gasteiger partial charge in [-0.3, -0.25) is 9.69 Å². The van der Waals surface area contributed by atoms with E-state index in [9.17, 15) is 4.79 Å². The molecule has 1 N–H and O–H groups in total. The Labute approximate surface area is 184 Å². The van der Waals surface area contributed by atoms with Crippen LogP contribution in [0.4, 0.5) is 5.69 Å².